The van der Waals surface area contributed by atoms with Gasteiger partial charge in [-0.3, -0.25) is 43.6 Å². The summed E-state index contributed by atoms with van der Waals surface area (Å²) in [6.45, 7) is 3.13. The van der Waals surface area contributed by atoms with E-state index in [9.17, 15) is 37.5 Å². The molecule has 2 aromatic heterocycles. The number of hydrogen-bond acceptors (Lipinski definition) is 11. The van der Waals surface area contributed by atoms with E-state index in [0.717, 1.165) is 34.6 Å². The van der Waals surface area contributed by atoms with Gasteiger partial charge in [-0.1, -0.05) is 6.07 Å². The number of aromatic nitrogens is 4. The average Bonchev–Trinajstić information content (AvgIpc) is 3.99. The van der Waals surface area contributed by atoms with Crippen LogP contribution in [0.4, 0.5) is 30.8 Å². The second-order valence-electron chi connectivity index (χ2n) is 17.0. The van der Waals surface area contributed by atoms with Crippen molar-refractivity contribution in [2.24, 2.45) is 7.05 Å². The number of halogens is 2. The molecule has 1 atom stereocenters. The molecule has 2 fully saturated rings. The Hall–Kier alpha value is -6.70. The summed E-state index contributed by atoms with van der Waals surface area (Å²) in [4.78, 5) is 83.4. The van der Waals surface area contributed by atoms with Crippen LogP contribution in [0.25, 0.3) is 11.1 Å². The van der Waals surface area contributed by atoms with Gasteiger partial charge in [-0.2, -0.15) is 10.2 Å². The Bertz CT molecular complexity index is 2570. The van der Waals surface area contributed by atoms with Crippen molar-refractivity contribution < 1.29 is 42.3 Å². The fourth-order valence-electron chi connectivity index (χ4n) is 9.84. The van der Waals surface area contributed by atoms with Gasteiger partial charge in [0.05, 0.1) is 49.5 Å². The normalized spacial score (nSPS) is 18.8. The molecule has 7 heterocycles. The number of carbonyl (C=O) groups excluding carboxylic acids is 6. The number of benzene rings is 2. The number of anilines is 3. The smallest absolute Gasteiger partial charge is 0.317 e. The third-order valence-electron chi connectivity index (χ3n) is 13.1. The van der Waals surface area contributed by atoms with Crippen LogP contribution >= 0.6 is 0 Å². The first-order valence-corrected chi connectivity index (χ1v) is 22.1. The van der Waals surface area contributed by atoms with E-state index in [-0.39, 0.29) is 73.7 Å². The van der Waals surface area contributed by atoms with Gasteiger partial charge in [0.15, 0.2) is 5.82 Å². The van der Waals surface area contributed by atoms with Gasteiger partial charge in [0.1, 0.15) is 6.04 Å². The number of aryl methyl sites for hydroxylation is 2. The molecule has 2 aromatic carbocycles. The summed E-state index contributed by atoms with van der Waals surface area (Å²) in [5, 5.41) is 17.5. The number of piperidine rings is 2. The zero-order valence-corrected chi connectivity index (χ0v) is 36.3. The number of ether oxygens (including phenoxy) is 1. The largest absolute Gasteiger partial charge is 0.382 e. The van der Waals surface area contributed by atoms with Crippen LogP contribution in [-0.2, 0) is 45.6 Å². The van der Waals surface area contributed by atoms with E-state index in [4.69, 9.17) is 9.84 Å². The highest BCUT2D eigenvalue weighted by atomic mass is 19.3. The number of carbonyl (C=O) groups is 6. The van der Waals surface area contributed by atoms with Crippen LogP contribution in [0.1, 0.15) is 94.1 Å². The molecule has 0 spiro atoms. The lowest BCUT2D eigenvalue weighted by atomic mass is 9.92. The molecule has 4 aromatic rings. The number of urea groups is 1. The van der Waals surface area contributed by atoms with E-state index < -0.39 is 36.1 Å². The summed E-state index contributed by atoms with van der Waals surface area (Å²) in [5.41, 5.74) is 5.33. The molecule has 5 aliphatic rings. The third-order valence-corrected chi connectivity index (χ3v) is 13.1. The molecule has 18 nitrogen and oxygen atoms in total. The standard InChI is InChI=1S/C45H51F2N11O7/c1-48-45(64)55-18-12-34-32(25-55)41(56-15-4-5-26-21-30(27-23-50-53(2)24-27)31(40(46)47)22-36(26)56)52-58(34)28-10-16-54(17-11-28)38(60)13-19-65-20-14-49-33-7-3-6-29-39(33)44(63)57(43(29)62)35-8-9-37(59)51-42(35)61/h3,6-7,21-24,28,35,40,49H,4-5,8-20,25H2,1-2H3,(H,48,64)(H,51,59,61). The monoisotopic (exact) mass is 895 g/mol. The molecule has 0 radical (unpaired) electrons. The van der Waals surface area contributed by atoms with Crippen molar-refractivity contribution in [3.05, 3.63) is 76.2 Å². The zero-order valence-electron chi connectivity index (χ0n) is 36.3. The van der Waals surface area contributed by atoms with Crippen LogP contribution in [0, 0.1) is 0 Å². The number of fused-ring (bicyclic) bond motifs is 3. The third kappa shape index (κ3) is 8.30. The number of rotatable bonds is 12. The SMILES string of the molecule is CNC(=O)N1CCc2c(c(N3CCCc4cc(-c5cnn(C)c5)c(C(F)F)cc43)nn2C2CCN(C(=O)CCOCCNc3cccc4c3C(=O)N(C3CCC(=O)NC3=O)C4=O)CC2)C1. The van der Waals surface area contributed by atoms with Crippen LogP contribution in [0.15, 0.2) is 42.7 Å². The highest BCUT2D eigenvalue weighted by Gasteiger charge is 2.46. The number of amides is 7. The Morgan fingerprint density at radius 3 is 2.51 bits per heavy atom. The van der Waals surface area contributed by atoms with Gasteiger partial charge in [0, 0.05) is 99.6 Å². The maximum Gasteiger partial charge on any atom is 0.317 e. The van der Waals surface area contributed by atoms with Gasteiger partial charge >= 0.3 is 6.03 Å². The molecular weight excluding hydrogens is 845 g/mol. The molecule has 342 valence electrons. The Morgan fingerprint density at radius 2 is 1.77 bits per heavy atom. The minimum absolute atomic E-state index is 0.0121. The van der Waals surface area contributed by atoms with E-state index in [1.165, 1.54) is 6.07 Å². The second-order valence-corrected chi connectivity index (χ2v) is 17.0. The molecule has 0 aliphatic carbocycles. The Kier molecular flexibility index (Phi) is 12.1. The first-order valence-electron chi connectivity index (χ1n) is 22.1. The maximum atomic E-state index is 14.7. The second kappa shape index (κ2) is 18.1. The van der Waals surface area contributed by atoms with Gasteiger partial charge in [-0.05, 0) is 67.5 Å². The molecule has 7 amide bonds. The van der Waals surface area contributed by atoms with Gasteiger partial charge in [-0.25, -0.2) is 13.6 Å². The average molecular weight is 896 g/mol. The number of alkyl halides is 2. The van der Waals surface area contributed by atoms with Gasteiger partial charge in [0.2, 0.25) is 17.7 Å². The zero-order chi connectivity index (χ0) is 45.5. The lowest BCUT2D eigenvalue weighted by Gasteiger charge is -2.34. The van der Waals surface area contributed by atoms with Crippen molar-refractivity contribution in [2.75, 3.05) is 63.2 Å². The molecule has 2 saturated heterocycles. The highest BCUT2D eigenvalue weighted by Crippen LogP contribution is 2.44. The lowest BCUT2D eigenvalue weighted by Crippen LogP contribution is -2.54. The summed E-state index contributed by atoms with van der Waals surface area (Å²) in [7, 11) is 3.35. The number of likely N-dealkylation sites (tertiary alicyclic amines) is 1. The molecule has 1 unspecified atom stereocenters. The molecule has 0 saturated carbocycles. The summed E-state index contributed by atoms with van der Waals surface area (Å²) in [6.07, 6.45) is 4.31. The number of nitrogens with one attached hydrogen (secondary N) is 3. The van der Waals surface area contributed by atoms with E-state index in [1.807, 2.05) is 15.9 Å². The summed E-state index contributed by atoms with van der Waals surface area (Å²) < 4.78 is 38.9. The summed E-state index contributed by atoms with van der Waals surface area (Å²) >= 11 is 0. The molecule has 3 N–H and O–H groups in total. The first kappa shape index (κ1) is 43.5. The van der Waals surface area contributed by atoms with Gasteiger partial charge in [-0.15, -0.1) is 0 Å². The highest BCUT2D eigenvalue weighted by molar-refractivity contribution is 6.25. The van der Waals surface area contributed by atoms with E-state index in [0.29, 0.717) is 80.3 Å². The Morgan fingerprint density at radius 1 is 0.954 bits per heavy atom. The van der Waals surface area contributed by atoms with Crippen molar-refractivity contribution in [3.63, 3.8) is 0 Å². The molecular formula is C45H51F2N11O7. The van der Waals surface area contributed by atoms with Crippen molar-refractivity contribution in [1.82, 2.24) is 44.9 Å². The quantitative estimate of drug-likeness (QED) is 0.137. The van der Waals surface area contributed by atoms with Crippen molar-refractivity contribution in [1.29, 1.82) is 0 Å². The van der Waals surface area contributed by atoms with Crippen LogP contribution < -0.4 is 20.9 Å². The van der Waals surface area contributed by atoms with Crippen LogP contribution in [0.3, 0.4) is 0 Å². The van der Waals surface area contributed by atoms with Crippen LogP contribution in [0.5, 0.6) is 0 Å². The number of hydrogen-bond donors (Lipinski definition) is 3. The summed E-state index contributed by atoms with van der Waals surface area (Å²) in [5.74, 6) is -1.68. The van der Waals surface area contributed by atoms with Gasteiger partial charge in [0.25, 0.3) is 18.2 Å². The Labute approximate surface area is 373 Å². The van der Waals surface area contributed by atoms with Crippen LogP contribution in [0.2, 0.25) is 0 Å². The Balaban J connectivity index is 0.821. The molecule has 20 heteroatoms. The van der Waals surface area contributed by atoms with Gasteiger partial charge < -0.3 is 30.1 Å². The topological polar surface area (TPSA) is 196 Å². The van der Waals surface area contributed by atoms with E-state index in [1.54, 1.807) is 54.3 Å². The lowest BCUT2D eigenvalue weighted by molar-refractivity contribution is -0.136. The first-order chi connectivity index (χ1) is 31.4. The van der Waals surface area contributed by atoms with E-state index >= 15 is 0 Å². The fourth-order valence-corrected chi connectivity index (χ4v) is 9.84. The molecule has 5 aliphatic heterocycles. The van der Waals surface area contributed by atoms with Crippen LogP contribution in [-0.4, -0.2) is 129 Å². The van der Waals surface area contributed by atoms with Crippen molar-refractivity contribution >= 4 is 52.8 Å². The molecule has 0 bridgehead atoms. The maximum absolute atomic E-state index is 14.7. The van der Waals surface area contributed by atoms with E-state index in [2.05, 4.69) is 25.7 Å². The predicted molar refractivity (Wildman–Crippen MR) is 232 cm³/mol. The molecule has 9 rings (SSSR count). The number of imide groups is 2. The summed E-state index contributed by atoms with van der Waals surface area (Å²) in [6, 6.07) is 7.03. The number of nitrogens with zero attached hydrogens (tertiary/aromatic N) is 8. The minimum atomic E-state index is -2.71. The van der Waals surface area contributed by atoms with Crippen molar-refractivity contribution in [2.45, 2.75) is 76.4 Å². The molecule has 65 heavy (non-hydrogen) atoms. The predicted octanol–water partition coefficient (Wildman–Crippen LogP) is 4.09. The van der Waals surface area contributed by atoms with Crippen molar-refractivity contribution in [3.8, 4) is 11.1 Å². The fraction of sp³-hybridized carbons (Fsp3) is 0.467. The minimum Gasteiger partial charge on any atom is -0.382 e.